The average molecular weight is 323 g/mol. The molecule has 6 heteroatoms. The first kappa shape index (κ1) is 16.1. The summed E-state index contributed by atoms with van der Waals surface area (Å²) in [6.45, 7) is 3.76. The van der Waals surface area contributed by atoms with Gasteiger partial charge in [0, 0.05) is 37.4 Å². The van der Waals surface area contributed by atoms with Crippen molar-refractivity contribution in [2.75, 3.05) is 6.54 Å². The lowest BCUT2D eigenvalue weighted by atomic mass is 9.98. The summed E-state index contributed by atoms with van der Waals surface area (Å²) in [4.78, 5) is 4.43. The molecule has 0 aliphatic carbocycles. The number of hydrogen-bond donors (Lipinski definition) is 1. The lowest BCUT2D eigenvalue weighted by Crippen LogP contribution is -2.28. The Kier molecular flexibility index (Phi) is 4.43. The van der Waals surface area contributed by atoms with Crippen LogP contribution < -0.4 is 5.32 Å². The number of hydrogen-bond acceptors (Lipinski definition) is 2. The average Bonchev–Trinajstić information content (AvgIpc) is 3.01. The van der Waals surface area contributed by atoms with Crippen LogP contribution in [-0.4, -0.2) is 16.1 Å². The van der Waals surface area contributed by atoms with Crippen molar-refractivity contribution in [3.8, 4) is 0 Å². The Morgan fingerprint density at radius 2 is 2.04 bits per heavy atom. The fourth-order valence-electron chi connectivity index (χ4n) is 3.10. The van der Waals surface area contributed by atoms with Crippen molar-refractivity contribution in [3.05, 3.63) is 53.6 Å². The summed E-state index contributed by atoms with van der Waals surface area (Å²) >= 11 is 0. The number of alkyl halides is 3. The maximum atomic E-state index is 12.6. The van der Waals surface area contributed by atoms with E-state index >= 15 is 0 Å². The van der Waals surface area contributed by atoms with Gasteiger partial charge in [-0.25, -0.2) is 4.98 Å². The summed E-state index contributed by atoms with van der Waals surface area (Å²) in [5.74, 6) is 1.46. The molecule has 0 fully saturated rings. The molecule has 1 aliphatic heterocycles. The Morgan fingerprint density at radius 1 is 1.30 bits per heavy atom. The largest absolute Gasteiger partial charge is 0.416 e. The fourth-order valence-corrected chi connectivity index (χ4v) is 3.10. The van der Waals surface area contributed by atoms with Crippen LogP contribution in [0.1, 0.15) is 48.7 Å². The van der Waals surface area contributed by atoms with Crippen molar-refractivity contribution >= 4 is 0 Å². The van der Waals surface area contributed by atoms with Gasteiger partial charge in [-0.2, -0.15) is 13.2 Å². The van der Waals surface area contributed by atoms with Crippen LogP contribution >= 0.6 is 0 Å². The van der Waals surface area contributed by atoms with E-state index < -0.39 is 11.7 Å². The van der Waals surface area contributed by atoms with E-state index in [-0.39, 0.29) is 6.04 Å². The Balaban J connectivity index is 1.61. The predicted octanol–water partition coefficient (Wildman–Crippen LogP) is 4.13. The summed E-state index contributed by atoms with van der Waals surface area (Å²) in [5, 5.41) is 3.42. The van der Waals surface area contributed by atoms with Gasteiger partial charge in [-0.05, 0) is 37.5 Å². The number of rotatable bonds is 4. The first-order chi connectivity index (χ1) is 10.9. The van der Waals surface area contributed by atoms with E-state index in [1.807, 2.05) is 19.3 Å². The van der Waals surface area contributed by atoms with Crippen LogP contribution in [-0.2, 0) is 12.7 Å². The van der Waals surface area contributed by atoms with Gasteiger partial charge in [0.1, 0.15) is 5.82 Å². The smallest absolute Gasteiger partial charge is 0.335 e. The molecule has 3 nitrogen and oxygen atoms in total. The van der Waals surface area contributed by atoms with E-state index in [4.69, 9.17) is 0 Å². The van der Waals surface area contributed by atoms with Gasteiger partial charge in [-0.15, -0.1) is 0 Å². The fraction of sp³-hybridized carbons (Fsp3) is 0.471. The van der Waals surface area contributed by atoms with Crippen LogP contribution in [0.25, 0.3) is 0 Å². The van der Waals surface area contributed by atoms with Gasteiger partial charge in [0.2, 0.25) is 0 Å². The third-order valence-corrected chi connectivity index (χ3v) is 4.47. The Labute approximate surface area is 133 Å². The maximum absolute atomic E-state index is 12.6. The molecule has 1 N–H and O–H groups in total. The molecule has 0 saturated heterocycles. The second-order valence-electron chi connectivity index (χ2n) is 6.07. The summed E-state index contributed by atoms with van der Waals surface area (Å²) in [6.07, 6.45) is 1.76. The SMILES string of the molecule is C[C@@H](NC[C@@H]1CCCn2ccnc21)c1ccc(C(F)(F)F)cc1. The van der Waals surface area contributed by atoms with Gasteiger partial charge in [0.05, 0.1) is 5.56 Å². The van der Waals surface area contributed by atoms with Gasteiger partial charge in [-0.3, -0.25) is 0 Å². The van der Waals surface area contributed by atoms with Crippen LogP contribution in [0.2, 0.25) is 0 Å². The van der Waals surface area contributed by atoms with Crippen LogP contribution in [0.4, 0.5) is 13.2 Å². The topological polar surface area (TPSA) is 29.9 Å². The minimum Gasteiger partial charge on any atom is -0.335 e. The minimum absolute atomic E-state index is 0.00243. The number of nitrogens with zero attached hydrogens (tertiary/aromatic N) is 2. The lowest BCUT2D eigenvalue weighted by Gasteiger charge is -2.25. The Bertz CT molecular complexity index is 646. The van der Waals surface area contributed by atoms with E-state index in [2.05, 4.69) is 14.9 Å². The Morgan fingerprint density at radius 3 is 2.74 bits per heavy atom. The number of imidazole rings is 1. The van der Waals surface area contributed by atoms with Crippen LogP contribution in [0.15, 0.2) is 36.7 Å². The van der Waals surface area contributed by atoms with E-state index in [1.54, 1.807) is 12.1 Å². The van der Waals surface area contributed by atoms with Crippen LogP contribution in [0.3, 0.4) is 0 Å². The third kappa shape index (κ3) is 3.58. The molecule has 1 aliphatic rings. The summed E-state index contributed by atoms with van der Waals surface area (Å²) in [6, 6.07) is 5.37. The highest BCUT2D eigenvalue weighted by Gasteiger charge is 2.30. The highest BCUT2D eigenvalue weighted by atomic mass is 19.4. The van der Waals surface area contributed by atoms with Gasteiger partial charge >= 0.3 is 6.18 Å². The quantitative estimate of drug-likeness (QED) is 0.917. The van der Waals surface area contributed by atoms with Crippen LogP contribution in [0.5, 0.6) is 0 Å². The summed E-state index contributed by atoms with van der Waals surface area (Å²) in [7, 11) is 0. The molecule has 0 radical (unpaired) electrons. The third-order valence-electron chi connectivity index (χ3n) is 4.47. The monoisotopic (exact) mass is 323 g/mol. The second kappa shape index (κ2) is 6.35. The van der Waals surface area contributed by atoms with Gasteiger partial charge in [-0.1, -0.05) is 12.1 Å². The Hall–Kier alpha value is -1.82. The first-order valence-corrected chi connectivity index (χ1v) is 7.86. The van der Waals surface area contributed by atoms with E-state index in [0.717, 1.165) is 49.5 Å². The molecule has 0 saturated carbocycles. The normalized spacial score (nSPS) is 19.4. The molecule has 23 heavy (non-hydrogen) atoms. The maximum Gasteiger partial charge on any atom is 0.416 e. The van der Waals surface area contributed by atoms with Crippen molar-refractivity contribution in [1.29, 1.82) is 0 Å². The zero-order valence-corrected chi connectivity index (χ0v) is 13.0. The standard InChI is InChI=1S/C17H20F3N3/c1-12(13-4-6-15(7-5-13)17(18,19)20)22-11-14-3-2-9-23-10-8-21-16(14)23/h4-8,10,12,14,22H,2-3,9,11H2,1H3/t12-,14+/m1/s1. The molecule has 1 aromatic carbocycles. The van der Waals surface area contributed by atoms with E-state index in [0.29, 0.717) is 5.92 Å². The van der Waals surface area contributed by atoms with Crippen molar-refractivity contribution in [1.82, 2.24) is 14.9 Å². The minimum atomic E-state index is -4.28. The number of aryl methyl sites for hydroxylation is 1. The van der Waals surface area contributed by atoms with E-state index in [9.17, 15) is 13.2 Å². The number of nitrogens with one attached hydrogen (secondary N) is 1. The molecule has 2 atom stereocenters. The summed E-state index contributed by atoms with van der Waals surface area (Å²) in [5.41, 5.74) is 0.250. The van der Waals surface area contributed by atoms with Gasteiger partial charge in [0.15, 0.2) is 0 Å². The van der Waals surface area contributed by atoms with Crippen LogP contribution in [0, 0.1) is 0 Å². The number of halogens is 3. The van der Waals surface area contributed by atoms with Gasteiger partial charge in [0.25, 0.3) is 0 Å². The molecule has 0 spiro atoms. The molecule has 0 bridgehead atoms. The molecule has 0 amide bonds. The molecule has 2 heterocycles. The van der Waals surface area contributed by atoms with E-state index in [1.165, 1.54) is 0 Å². The second-order valence-corrected chi connectivity index (χ2v) is 6.07. The van der Waals surface area contributed by atoms with Crippen molar-refractivity contribution < 1.29 is 13.2 Å². The molecule has 124 valence electrons. The van der Waals surface area contributed by atoms with Crippen molar-refractivity contribution in [2.24, 2.45) is 0 Å². The summed E-state index contributed by atoms with van der Waals surface area (Å²) < 4.78 is 40.0. The van der Waals surface area contributed by atoms with Crippen molar-refractivity contribution in [2.45, 2.75) is 44.4 Å². The van der Waals surface area contributed by atoms with Crippen molar-refractivity contribution in [3.63, 3.8) is 0 Å². The molecule has 2 aromatic rings. The number of fused-ring (bicyclic) bond motifs is 1. The predicted molar refractivity (Wildman–Crippen MR) is 82.1 cm³/mol. The molecule has 0 unspecified atom stereocenters. The molecule has 3 rings (SSSR count). The molecular formula is C17H20F3N3. The molecular weight excluding hydrogens is 303 g/mol. The molecule has 1 aromatic heterocycles. The zero-order chi connectivity index (χ0) is 16.4. The first-order valence-electron chi connectivity index (χ1n) is 7.86. The lowest BCUT2D eigenvalue weighted by molar-refractivity contribution is -0.137. The highest BCUT2D eigenvalue weighted by molar-refractivity contribution is 5.26. The number of aromatic nitrogens is 2. The number of benzene rings is 1. The highest BCUT2D eigenvalue weighted by Crippen LogP contribution is 2.30. The van der Waals surface area contributed by atoms with Gasteiger partial charge < -0.3 is 9.88 Å². The zero-order valence-electron chi connectivity index (χ0n) is 13.0.